The number of aromatic nitrogens is 8. The number of nitrogen functional groups attached to an aromatic ring is 2. The first-order valence-electron chi connectivity index (χ1n) is 13.4. The molecule has 232 valence electrons. The Morgan fingerprint density at radius 3 is 1.47 bits per heavy atom. The van der Waals surface area contributed by atoms with Crippen molar-refractivity contribution in [3.8, 4) is 0 Å². The molecule has 4 aromatic heterocycles. The van der Waals surface area contributed by atoms with Gasteiger partial charge in [-0.25, -0.2) is 29.9 Å². The van der Waals surface area contributed by atoms with Gasteiger partial charge in [0.2, 0.25) is 11.9 Å². The molecule has 8 atom stereocenters. The summed E-state index contributed by atoms with van der Waals surface area (Å²) in [6, 6.07) is 0. The second-order valence-corrected chi connectivity index (χ2v) is 10.1. The van der Waals surface area contributed by atoms with Gasteiger partial charge < -0.3 is 62.2 Å². The molecule has 12 N–H and O–H groups in total. The van der Waals surface area contributed by atoms with E-state index in [1.165, 1.54) is 21.8 Å². The fourth-order valence-corrected chi connectivity index (χ4v) is 5.26. The Morgan fingerprint density at radius 2 is 1.09 bits per heavy atom. The van der Waals surface area contributed by atoms with Crippen molar-refractivity contribution in [1.82, 2.24) is 39.0 Å². The number of rotatable bonds is 10. The summed E-state index contributed by atoms with van der Waals surface area (Å²) in [5, 5.41) is 67.3. The minimum atomic E-state index is -1.38. The van der Waals surface area contributed by atoms with Crippen LogP contribution in [0.25, 0.3) is 22.3 Å². The van der Waals surface area contributed by atoms with Crippen molar-refractivity contribution in [2.45, 2.75) is 55.5 Å². The number of aliphatic hydroxyl groups is 6. The standard InChI is InChI=1S/C23H32N12O8/c24-16-10-18(30-6-28-16)34(20-14(40)12(38)8(4-36)42-20)22(32-10)26-2-1-3-27-23-33-11-17(25)29-7-31-19(11)35(23)21-15(41)13(39)9(5-37)43-21/h6-9,12-15,20-21,36-41H,1-5H2,(H,26,32)(H,27,33)(H2,24,28,30)(H2,25,29,31)/t8-,9-,12+,13+,14-,15+,20-,21+/m0/s1. The Balaban J connectivity index is 1.19. The van der Waals surface area contributed by atoms with E-state index < -0.39 is 62.3 Å². The molecule has 20 heteroatoms. The number of imidazole rings is 2. The van der Waals surface area contributed by atoms with Crippen molar-refractivity contribution in [3.05, 3.63) is 12.7 Å². The van der Waals surface area contributed by atoms with E-state index in [1.54, 1.807) is 0 Å². The van der Waals surface area contributed by atoms with Crippen LogP contribution < -0.4 is 22.1 Å². The summed E-state index contributed by atoms with van der Waals surface area (Å²) >= 11 is 0. The summed E-state index contributed by atoms with van der Waals surface area (Å²) in [5.74, 6) is 0.676. The smallest absolute Gasteiger partial charge is 0.207 e. The largest absolute Gasteiger partial charge is 0.394 e. The Labute approximate surface area is 242 Å². The van der Waals surface area contributed by atoms with E-state index in [0.29, 0.717) is 19.5 Å². The molecule has 0 aliphatic carbocycles. The lowest BCUT2D eigenvalue weighted by atomic mass is 10.1. The highest BCUT2D eigenvalue weighted by Gasteiger charge is 2.46. The molecule has 2 aliphatic heterocycles. The molecule has 43 heavy (non-hydrogen) atoms. The van der Waals surface area contributed by atoms with E-state index in [-0.39, 0.29) is 45.9 Å². The molecule has 20 nitrogen and oxygen atoms in total. The molecule has 0 radical (unpaired) electrons. The van der Waals surface area contributed by atoms with Gasteiger partial charge in [0.05, 0.1) is 13.2 Å². The summed E-state index contributed by atoms with van der Waals surface area (Å²) in [7, 11) is 0. The molecule has 0 amide bonds. The SMILES string of the molecule is Nc1ncnc2c1nc(NCCCNc1nc3c(N)ncnc3n1[C@H]1O[C@@H](CO)[C@@H](O)[C@@H]1O)n2[C@@H]1O[C@@H](CO)[C@@H](O)[C@H]1O. The van der Waals surface area contributed by atoms with Gasteiger partial charge >= 0.3 is 0 Å². The maximum atomic E-state index is 10.6. The number of ether oxygens (including phenoxy) is 2. The van der Waals surface area contributed by atoms with Crippen LogP contribution in [-0.4, -0.2) is 133 Å². The predicted molar refractivity (Wildman–Crippen MR) is 147 cm³/mol. The summed E-state index contributed by atoms with van der Waals surface area (Å²) in [6.45, 7) is -0.349. The molecule has 0 aromatic carbocycles. The van der Waals surface area contributed by atoms with E-state index in [4.69, 9.17) is 20.9 Å². The first kappa shape index (κ1) is 29.1. The molecule has 4 aromatic rings. The lowest BCUT2D eigenvalue weighted by molar-refractivity contribution is -0.0501. The van der Waals surface area contributed by atoms with Gasteiger partial charge in [-0.05, 0) is 6.42 Å². The van der Waals surface area contributed by atoms with Crippen LogP contribution in [0.4, 0.5) is 23.5 Å². The first-order valence-corrected chi connectivity index (χ1v) is 13.4. The third-order valence-corrected chi connectivity index (χ3v) is 7.47. The maximum absolute atomic E-state index is 10.6. The first-order chi connectivity index (χ1) is 20.7. The molecule has 0 saturated carbocycles. The summed E-state index contributed by atoms with van der Waals surface area (Å²) in [4.78, 5) is 25.3. The summed E-state index contributed by atoms with van der Waals surface area (Å²) in [5.41, 5.74) is 13.0. The van der Waals surface area contributed by atoms with Crippen LogP contribution in [0.5, 0.6) is 0 Å². The number of anilines is 4. The van der Waals surface area contributed by atoms with Gasteiger partial charge in [-0.1, -0.05) is 0 Å². The van der Waals surface area contributed by atoms with E-state index >= 15 is 0 Å². The van der Waals surface area contributed by atoms with Crippen molar-refractivity contribution in [2.24, 2.45) is 0 Å². The van der Waals surface area contributed by atoms with Crippen molar-refractivity contribution < 1.29 is 40.1 Å². The molecule has 6 rings (SSSR count). The zero-order chi connectivity index (χ0) is 30.4. The molecule has 0 bridgehead atoms. The maximum Gasteiger partial charge on any atom is 0.207 e. The van der Waals surface area contributed by atoms with Gasteiger partial charge in [0.25, 0.3) is 0 Å². The number of nitrogens with zero attached hydrogens (tertiary/aromatic N) is 8. The highest BCUT2D eigenvalue weighted by atomic mass is 16.6. The second kappa shape index (κ2) is 11.6. The van der Waals surface area contributed by atoms with Crippen LogP contribution in [0.15, 0.2) is 12.7 Å². The van der Waals surface area contributed by atoms with Crippen molar-refractivity contribution in [1.29, 1.82) is 0 Å². The Morgan fingerprint density at radius 1 is 0.674 bits per heavy atom. The number of nitrogens with two attached hydrogens (primary N) is 2. The van der Waals surface area contributed by atoms with E-state index in [0.717, 1.165) is 0 Å². The molecule has 2 saturated heterocycles. The second-order valence-electron chi connectivity index (χ2n) is 10.1. The summed E-state index contributed by atoms with van der Waals surface area (Å²) in [6.07, 6.45) is -6.74. The van der Waals surface area contributed by atoms with Crippen molar-refractivity contribution in [3.63, 3.8) is 0 Å². The van der Waals surface area contributed by atoms with E-state index in [2.05, 4.69) is 40.5 Å². The normalized spacial score (nSPS) is 29.2. The zero-order valence-electron chi connectivity index (χ0n) is 22.5. The monoisotopic (exact) mass is 604 g/mol. The molecular formula is C23H32N12O8. The van der Waals surface area contributed by atoms with Crippen LogP contribution >= 0.6 is 0 Å². The Bertz CT molecular complexity index is 1490. The predicted octanol–water partition coefficient (Wildman–Crippen LogP) is -3.73. The van der Waals surface area contributed by atoms with Gasteiger partial charge in [0.1, 0.15) is 49.3 Å². The third-order valence-electron chi connectivity index (χ3n) is 7.47. The van der Waals surface area contributed by atoms with Crippen molar-refractivity contribution in [2.75, 3.05) is 48.4 Å². The third kappa shape index (κ3) is 4.92. The molecule has 0 unspecified atom stereocenters. The lowest BCUT2D eigenvalue weighted by Gasteiger charge is -2.20. The number of fused-ring (bicyclic) bond motifs is 2. The van der Waals surface area contributed by atoms with Gasteiger partial charge in [-0.2, -0.15) is 0 Å². The molecule has 2 fully saturated rings. The quantitative estimate of drug-likeness (QED) is 0.0777. The van der Waals surface area contributed by atoms with Crippen LogP contribution in [0.2, 0.25) is 0 Å². The van der Waals surface area contributed by atoms with Crippen LogP contribution in [-0.2, 0) is 9.47 Å². The number of nitrogens with one attached hydrogen (secondary N) is 2. The Kier molecular flexibility index (Phi) is 7.83. The number of hydrogen-bond donors (Lipinski definition) is 10. The van der Waals surface area contributed by atoms with Crippen LogP contribution in [0.1, 0.15) is 18.9 Å². The molecule has 0 spiro atoms. The fourth-order valence-electron chi connectivity index (χ4n) is 5.26. The van der Waals surface area contributed by atoms with E-state index in [9.17, 15) is 30.6 Å². The van der Waals surface area contributed by atoms with Gasteiger partial charge in [0, 0.05) is 13.1 Å². The average Bonchev–Trinajstić information content (AvgIpc) is 3.71. The van der Waals surface area contributed by atoms with Crippen molar-refractivity contribution >= 4 is 45.9 Å². The number of hydrogen-bond acceptors (Lipinski definition) is 18. The topological polar surface area (TPSA) is 303 Å². The van der Waals surface area contributed by atoms with Crippen LogP contribution in [0, 0.1) is 0 Å². The van der Waals surface area contributed by atoms with Gasteiger partial charge in [0.15, 0.2) is 46.4 Å². The van der Waals surface area contributed by atoms with Gasteiger partial charge in [-0.15, -0.1) is 0 Å². The minimum Gasteiger partial charge on any atom is -0.394 e. The average molecular weight is 605 g/mol. The molecular weight excluding hydrogens is 572 g/mol. The Hall–Kier alpha value is -4.02. The highest BCUT2D eigenvalue weighted by molar-refractivity contribution is 5.84. The molecule has 6 heterocycles. The summed E-state index contributed by atoms with van der Waals surface area (Å²) < 4.78 is 14.3. The fraction of sp³-hybridized carbons (Fsp3) is 0.565. The zero-order valence-corrected chi connectivity index (χ0v) is 22.5. The minimum absolute atomic E-state index is 0.103. The van der Waals surface area contributed by atoms with Gasteiger partial charge in [-0.3, -0.25) is 9.13 Å². The lowest BCUT2D eigenvalue weighted by Crippen LogP contribution is -2.33. The number of aliphatic hydroxyl groups excluding tert-OH is 6. The van der Waals surface area contributed by atoms with E-state index in [1.807, 2.05) is 0 Å². The van der Waals surface area contributed by atoms with Crippen LogP contribution in [0.3, 0.4) is 0 Å². The highest BCUT2D eigenvalue weighted by Crippen LogP contribution is 2.36. The molecule has 2 aliphatic rings.